The molecule has 1 atom stereocenters. The highest BCUT2D eigenvalue weighted by Gasteiger charge is 2.14. The Morgan fingerprint density at radius 2 is 2.33 bits per heavy atom. The van der Waals surface area contributed by atoms with Crippen LogP contribution in [-0.2, 0) is 4.79 Å². The van der Waals surface area contributed by atoms with Crippen LogP contribution >= 0.6 is 0 Å². The SMILES string of the molecule is O=C(CCC1CCCNC1)Nc1ccc2oc(=O)[nH]c2c1. The lowest BCUT2D eigenvalue weighted by molar-refractivity contribution is -0.116. The van der Waals surface area contributed by atoms with Crippen LogP contribution in [0.5, 0.6) is 0 Å². The van der Waals surface area contributed by atoms with Crippen molar-refractivity contribution in [2.45, 2.75) is 25.7 Å². The Bertz CT molecular complexity index is 683. The van der Waals surface area contributed by atoms with E-state index in [0.717, 1.165) is 19.5 Å². The van der Waals surface area contributed by atoms with Gasteiger partial charge in [0.25, 0.3) is 0 Å². The average molecular weight is 289 g/mol. The van der Waals surface area contributed by atoms with Crippen LogP contribution in [0.25, 0.3) is 11.1 Å². The first-order valence-corrected chi connectivity index (χ1v) is 7.34. The monoisotopic (exact) mass is 289 g/mol. The fourth-order valence-electron chi connectivity index (χ4n) is 2.76. The molecule has 21 heavy (non-hydrogen) atoms. The summed E-state index contributed by atoms with van der Waals surface area (Å²) in [6.45, 7) is 2.10. The van der Waals surface area contributed by atoms with E-state index >= 15 is 0 Å². The molecule has 2 aromatic rings. The molecule has 1 fully saturated rings. The third-order valence-corrected chi connectivity index (χ3v) is 3.88. The predicted octanol–water partition coefficient (Wildman–Crippen LogP) is 1.84. The summed E-state index contributed by atoms with van der Waals surface area (Å²) in [5, 5.41) is 6.21. The topological polar surface area (TPSA) is 87.1 Å². The van der Waals surface area contributed by atoms with Crippen LogP contribution in [0, 0.1) is 5.92 Å². The zero-order valence-corrected chi connectivity index (χ0v) is 11.8. The lowest BCUT2D eigenvalue weighted by Crippen LogP contribution is -2.30. The van der Waals surface area contributed by atoms with Gasteiger partial charge in [0, 0.05) is 12.1 Å². The first kappa shape index (κ1) is 13.9. The fraction of sp³-hybridized carbons (Fsp3) is 0.467. The fourth-order valence-corrected chi connectivity index (χ4v) is 2.76. The molecule has 0 spiro atoms. The summed E-state index contributed by atoms with van der Waals surface area (Å²) in [4.78, 5) is 25.6. The number of hydrogen-bond acceptors (Lipinski definition) is 4. The van der Waals surface area contributed by atoms with Crippen LogP contribution in [0.15, 0.2) is 27.4 Å². The van der Waals surface area contributed by atoms with E-state index in [1.54, 1.807) is 18.2 Å². The van der Waals surface area contributed by atoms with E-state index in [4.69, 9.17) is 4.42 Å². The molecule has 112 valence electrons. The zero-order valence-electron chi connectivity index (χ0n) is 11.8. The highest BCUT2D eigenvalue weighted by Crippen LogP contribution is 2.18. The Kier molecular flexibility index (Phi) is 4.06. The molecule has 1 amide bonds. The van der Waals surface area contributed by atoms with E-state index in [2.05, 4.69) is 15.6 Å². The van der Waals surface area contributed by atoms with Crippen molar-refractivity contribution in [2.24, 2.45) is 5.92 Å². The van der Waals surface area contributed by atoms with Gasteiger partial charge in [0.1, 0.15) is 0 Å². The molecule has 1 aliphatic heterocycles. The molecule has 1 unspecified atom stereocenters. The summed E-state index contributed by atoms with van der Waals surface area (Å²) in [5.74, 6) is 0.112. The maximum atomic E-state index is 12.0. The highest BCUT2D eigenvalue weighted by atomic mass is 16.4. The molecule has 6 heteroatoms. The van der Waals surface area contributed by atoms with Crippen LogP contribution in [0.2, 0.25) is 0 Å². The maximum absolute atomic E-state index is 12.0. The van der Waals surface area contributed by atoms with Crippen LogP contribution in [0.4, 0.5) is 5.69 Å². The molecule has 1 aromatic carbocycles. The normalized spacial score (nSPS) is 18.8. The van der Waals surface area contributed by atoms with Gasteiger partial charge in [-0.05, 0) is 56.5 Å². The van der Waals surface area contributed by atoms with Gasteiger partial charge >= 0.3 is 5.76 Å². The van der Waals surface area contributed by atoms with Gasteiger partial charge in [0.05, 0.1) is 5.52 Å². The number of rotatable bonds is 4. The number of piperidine rings is 1. The third-order valence-electron chi connectivity index (χ3n) is 3.88. The molecule has 2 heterocycles. The van der Waals surface area contributed by atoms with Crippen molar-refractivity contribution in [1.29, 1.82) is 0 Å². The number of carbonyl (C=O) groups is 1. The van der Waals surface area contributed by atoms with Crippen molar-refractivity contribution in [3.8, 4) is 0 Å². The number of H-pyrrole nitrogens is 1. The Balaban J connectivity index is 1.56. The lowest BCUT2D eigenvalue weighted by Gasteiger charge is -2.22. The molecule has 0 saturated carbocycles. The van der Waals surface area contributed by atoms with Gasteiger partial charge in [-0.2, -0.15) is 0 Å². The number of nitrogens with one attached hydrogen (secondary N) is 3. The van der Waals surface area contributed by atoms with Gasteiger partial charge < -0.3 is 15.1 Å². The number of oxazole rings is 1. The minimum atomic E-state index is -0.488. The smallest absolute Gasteiger partial charge is 0.408 e. The predicted molar refractivity (Wildman–Crippen MR) is 80.3 cm³/mol. The van der Waals surface area contributed by atoms with E-state index in [1.807, 2.05) is 0 Å². The summed E-state index contributed by atoms with van der Waals surface area (Å²) in [5.41, 5.74) is 1.76. The van der Waals surface area contributed by atoms with Crippen LogP contribution in [0.1, 0.15) is 25.7 Å². The largest absolute Gasteiger partial charge is 0.417 e. The minimum absolute atomic E-state index is 0.00534. The van der Waals surface area contributed by atoms with Gasteiger partial charge in [-0.1, -0.05) is 0 Å². The van der Waals surface area contributed by atoms with E-state index in [9.17, 15) is 9.59 Å². The molecule has 0 bridgehead atoms. The Hall–Kier alpha value is -2.08. The summed E-state index contributed by atoms with van der Waals surface area (Å²) in [6, 6.07) is 5.12. The lowest BCUT2D eigenvalue weighted by atomic mass is 9.94. The number of amides is 1. The van der Waals surface area contributed by atoms with Crippen molar-refractivity contribution < 1.29 is 9.21 Å². The number of hydrogen-bond donors (Lipinski definition) is 3. The van der Waals surface area contributed by atoms with Crippen molar-refractivity contribution in [3.63, 3.8) is 0 Å². The van der Waals surface area contributed by atoms with Crippen LogP contribution < -0.4 is 16.4 Å². The van der Waals surface area contributed by atoms with Crippen molar-refractivity contribution >= 4 is 22.7 Å². The molecular formula is C15H19N3O3. The van der Waals surface area contributed by atoms with Gasteiger partial charge in [-0.3, -0.25) is 9.78 Å². The van der Waals surface area contributed by atoms with Gasteiger partial charge in [0.2, 0.25) is 5.91 Å². The maximum Gasteiger partial charge on any atom is 0.417 e. The van der Waals surface area contributed by atoms with E-state index in [-0.39, 0.29) is 5.91 Å². The summed E-state index contributed by atoms with van der Waals surface area (Å²) in [6.07, 6.45) is 3.81. The minimum Gasteiger partial charge on any atom is -0.408 e. The Morgan fingerprint density at radius 1 is 1.43 bits per heavy atom. The summed E-state index contributed by atoms with van der Waals surface area (Å²) < 4.78 is 4.92. The molecule has 1 saturated heterocycles. The first-order chi connectivity index (χ1) is 10.2. The number of benzene rings is 1. The Morgan fingerprint density at radius 3 is 3.14 bits per heavy atom. The summed E-state index contributed by atoms with van der Waals surface area (Å²) in [7, 11) is 0. The second-order valence-corrected chi connectivity index (χ2v) is 5.52. The van der Waals surface area contributed by atoms with Crippen molar-refractivity contribution in [1.82, 2.24) is 10.3 Å². The number of carbonyl (C=O) groups excluding carboxylic acids is 1. The number of anilines is 1. The zero-order chi connectivity index (χ0) is 14.7. The van der Waals surface area contributed by atoms with Crippen LogP contribution in [0.3, 0.4) is 0 Å². The molecular weight excluding hydrogens is 270 g/mol. The Labute approximate surface area is 121 Å². The van der Waals surface area contributed by atoms with E-state index < -0.39 is 5.76 Å². The van der Waals surface area contributed by atoms with Gasteiger partial charge in [-0.15, -0.1) is 0 Å². The molecule has 1 aromatic heterocycles. The molecule has 0 radical (unpaired) electrons. The molecule has 1 aliphatic rings. The molecule has 3 N–H and O–H groups in total. The third kappa shape index (κ3) is 3.52. The molecule has 6 nitrogen and oxygen atoms in total. The van der Waals surface area contributed by atoms with Crippen LogP contribution in [-0.4, -0.2) is 24.0 Å². The average Bonchev–Trinajstić information content (AvgIpc) is 2.85. The first-order valence-electron chi connectivity index (χ1n) is 7.34. The van der Waals surface area contributed by atoms with E-state index in [0.29, 0.717) is 29.1 Å². The number of aromatic nitrogens is 1. The van der Waals surface area contributed by atoms with Crippen molar-refractivity contribution in [2.75, 3.05) is 18.4 Å². The standard InChI is InChI=1S/C15H19N3O3/c19-14(6-3-10-2-1-7-16-9-10)17-11-4-5-13-12(8-11)18-15(20)21-13/h4-5,8,10,16H,1-3,6-7,9H2,(H,17,19)(H,18,20). The highest BCUT2D eigenvalue weighted by molar-refractivity contribution is 5.92. The van der Waals surface area contributed by atoms with Gasteiger partial charge in [-0.25, -0.2) is 4.79 Å². The molecule has 3 rings (SSSR count). The number of fused-ring (bicyclic) bond motifs is 1. The summed E-state index contributed by atoms with van der Waals surface area (Å²) >= 11 is 0. The second-order valence-electron chi connectivity index (χ2n) is 5.52. The van der Waals surface area contributed by atoms with Crippen molar-refractivity contribution in [3.05, 3.63) is 28.7 Å². The second kappa shape index (κ2) is 6.13. The number of aromatic amines is 1. The van der Waals surface area contributed by atoms with E-state index in [1.165, 1.54) is 12.8 Å². The quantitative estimate of drug-likeness (QED) is 0.801. The van der Waals surface area contributed by atoms with Gasteiger partial charge in [0.15, 0.2) is 5.58 Å². The molecule has 0 aliphatic carbocycles.